The van der Waals surface area contributed by atoms with Crippen molar-refractivity contribution in [2.75, 3.05) is 6.61 Å². The second-order valence-corrected chi connectivity index (χ2v) is 5.83. The number of fused-ring (bicyclic) bond motifs is 3. The third-order valence-electron chi connectivity index (χ3n) is 4.45. The number of hydrogen-bond donors (Lipinski definition) is 0. The van der Waals surface area contributed by atoms with E-state index in [4.69, 9.17) is 4.74 Å². The highest BCUT2D eigenvalue weighted by Gasteiger charge is 2.49. The molecule has 114 valence electrons. The fourth-order valence-electron chi connectivity index (χ4n) is 3.66. The summed E-state index contributed by atoms with van der Waals surface area (Å²) in [5.41, 5.74) is 4.48. The summed E-state index contributed by atoms with van der Waals surface area (Å²) in [5, 5.41) is 0. The van der Waals surface area contributed by atoms with Gasteiger partial charge in [-0.05, 0) is 37.0 Å². The van der Waals surface area contributed by atoms with E-state index in [1.807, 2.05) is 32.0 Å². The maximum absolute atomic E-state index is 13.1. The molecular formula is C20H22O2. The van der Waals surface area contributed by atoms with Crippen molar-refractivity contribution in [3.63, 3.8) is 0 Å². The first-order valence-corrected chi connectivity index (χ1v) is 8.04. The zero-order valence-corrected chi connectivity index (χ0v) is 13.5. The van der Waals surface area contributed by atoms with Gasteiger partial charge in [-0.15, -0.1) is 0 Å². The summed E-state index contributed by atoms with van der Waals surface area (Å²) >= 11 is 0. The fourth-order valence-corrected chi connectivity index (χ4v) is 3.66. The van der Waals surface area contributed by atoms with Crippen LogP contribution in [-0.4, -0.2) is 12.4 Å². The maximum Gasteiger partial charge on any atom is 0.177 e. The van der Waals surface area contributed by atoms with Crippen molar-refractivity contribution in [3.05, 3.63) is 59.2 Å². The molecule has 0 amide bonds. The van der Waals surface area contributed by atoms with Crippen molar-refractivity contribution in [1.82, 2.24) is 0 Å². The lowest BCUT2D eigenvalue weighted by Crippen LogP contribution is -2.39. The van der Waals surface area contributed by atoms with Gasteiger partial charge in [-0.25, -0.2) is 0 Å². The smallest absolute Gasteiger partial charge is 0.177 e. The molecule has 0 heterocycles. The van der Waals surface area contributed by atoms with E-state index < -0.39 is 5.60 Å². The molecule has 1 aliphatic carbocycles. The van der Waals surface area contributed by atoms with Gasteiger partial charge in [-0.1, -0.05) is 49.4 Å². The lowest BCUT2D eigenvalue weighted by atomic mass is 9.83. The van der Waals surface area contributed by atoms with E-state index in [-0.39, 0.29) is 5.78 Å². The minimum absolute atomic E-state index is 0.164. The zero-order valence-electron chi connectivity index (χ0n) is 13.5. The summed E-state index contributed by atoms with van der Waals surface area (Å²) in [4.78, 5) is 13.1. The second kappa shape index (κ2) is 5.69. The molecule has 2 heteroatoms. The summed E-state index contributed by atoms with van der Waals surface area (Å²) in [7, 11) is 0. The molecule has 0 radical (unpaired) electrons. The number of carbonyl (C=O) groups is 1. The van der Waals surface area contributed by atoms with E-state index in [9.17, 15) is 4.79 Å². The van der Waals surface area contributed by atoms with Crippen molar-refractivity contribution >= 4 is 5.78 Å². The molecule has 2 aromatic rings. The third kappa shape index (κ3) is 1.94. The number of ether oxygens (including phenoxy) is 1. The SMILES string of the molecule is CCCC(=O)C1(OCC)c2ccccc2-c2cccc(C)c21. The molecule has 3 rings (SSSR count). The quantitative estimate of drug-likeness (QED) is 0.804. The first-order chi connectivity index (χ1) is 10.7. The first kappa shape index (κ1) is 15.0. The molecule has 0 N–H and O–H groups in total. The molecule has 2 aromatic carbocycles. The predicted octanol–water partition coefficient (Wildman–Crippen LogP) is 4.62. The Morgan fingerprint density at radius 1 is 1.05 bits per heavy atom. The summed E-state index contributed by atoms with van der Waals surface area (Å²) in [6.45, 7) is 6.58. The normalized spacial score (nSPS) is 18.9. The highest BCUT2D eigenvalue weighted by molar-refractivity contribution is 6.00. The number of rotatable bonds is 5. The lowest BCUT2D eigenvalue weighted by Gasteiger charge is -2.31. The largest absolute Gasteiger partial charge is 0.358 e. The zero-order chi connectivity index (χ0) is 15.7. The van der Waals surface area contributed by atoms with Crippen LogP contribution < -0.4 is 0 Å². The van der Waals surface area contributed by atoms with Crippen molar-refractivity contribution < 1.29 is 9.53 Å². The van der Waals surface area contributed by atoms with Crippen LogP contribution in [0, 0.1) is 6.92 Å². The number of hydrogen-bond acceptors (Lipinski definition) is 2. The molecular weight excluding hydrogens is 272 g/mol. The standard InChI is InChI=1S/C20H22O2/c1-4-9-18(21)20(22-5-2)17-13-7-6-11-15(17)16-12-8-10-14(3)19(16)20/h6-8,10-13H,4-5,9H2,1-3H3. The average molecular weight is 294 g/mol. The Kier molecular flexibility index (Phi) is 3.88. The summed E-state index contributed by atoms with van der Waals surface area (Å²) in [5.74, 6) is 0.164. The van der Waals surface area contributed by atoms with Gasteiger partial charge >= 0.3 is 0 Å². The van der Waals surface area contributed by atoms with Crippen LogP contribution in [0.15, 0.2) is 42.5 Å². The maximum atomic E-state index is 13.1. The van der Waals surface area contributed by atoms with E-state index in [0.717, 1.165) is 34.2 Å². The van der Waals surface area contributed by atoms with Gasteiger partial charge in [0.1, 0.15) is 0 Å². The molecule has 1 unspecified atom stereocenters. The van der Waals surface area contributed by atoms with Gasteiger partial charge in [0.15, 0.2) is 11.4 Å². The van der Waals surface area contributed by atoms with Crippen molar-refractivity contribution in [2.24, 2.45) is 0 Å². The van der Waals surface area contributed by atoms with Crippen LogP contribution >= 0.6 is 0 Å². The molecule has 0 saturated heterocycles. The Morgan fingerprint density at radius 3 is 2.50 bits per heavy atom. The van der Waals surface area contributed by atoms with Crippen LogP contribution in [0.1, 0.15) is 43.4 Å². The highest BCUT2D eigenvalue weighted by Crippen LogP contribution is 2.51. The molecule has 0 spiro atoms. The Hall–Kier alpha value is -1.93. The van der Waals surface area contributed by atoms with Gasteiger partial charge in [-0.2, -0.15) is 0 Å². The molecule has 0 saturated carbocycles. The van der Waals surface area contributed by atoms with Crippen molar-refractivity contribution in [3.8, 4) is 11.1 Å². The van der Waals surface area contributed by atoms with Crippen molar-refractivity contribution in [2.45, 2.75) is 39.2 Å². The van der Waals surface area contributed by atoms with Crippen LogP contribution in [0.3, 0.4) is 0 Å². The monoisotopic (exact) mass is 294 g/mol. The summed E-state index contributed by atoms with van der Waals surface area (Å²) in [6.07, 6.45) is 1.36. The van der Waals surface area contributed by atoms with Crippen LogP contribution in [0.4, 0.5) is 0 Å². The molecule has 0 aromatic heterocycles. The van der Waals surface area contributed by atoms with Crippen molar-refractivity contribution in [1.29, 1.82) is 0 Å². The van der Waals surface area contributed by atoms with E-state index in [0.29, 0.717) is 13.0 Å². The molecule has 1 atom stereocenters. The Morgan fingerprint density at radius 2 is 1.77 bits per heavy atom. The second-order valence-electron chi connectivity index (χ2n) is 5.83. The number of carbonyl (C=O) groups excluding carboxylic acids is 1. The van der Waals surface area contributed by atoms with E-state index in [2.05, 4.69) is 31.2 Å². The molecule has 0 aliphatic heterocycles. The fraction of sp³-hybridized carbons (Fsp3) is 0.350. The van der Waals surface area contributed by atoms with Crippen LogP contribution in [0.25, 0.3) is 11.1 Å². The van der Waals surface area contributed by atoms with E-state index in [1.165, 1.54) is 0 Å². The number of ketones is 1. The molecule has 0 fully saturated rings. The summed E-state index contributed by atoms with van der Waals surface area (Å²) in [6, 6.07) is 14.4. The Labute approximate surface area is 132 Å². The Bertz CT molecular complexity index is 717. The number of aryl methyl sites for hydroxylation is 1. The number of benzene rings is 2. The van der Waals surface area contributed by atoms with Gasteiger partial charge < -0.3 is 4.74 Å². The van der Waals surface area contributed by atoms with Gasteiger partial charge in [-0.3, -0.25) is 4.79 Å². The van der Waals surface area contributed by atoms with E-state index >= 15 is 0 Å². The minimum Gasteiger partial charge on any atom is -0.358 e. The van der Waals surface area contributed by atoms with Gasteiger partial charge in [0.2, 0.25) is 0 Å². The number of Topliss-reactive ketones (excluding diaryl/α,β-unsaturated/α-hetero) is 1. The molecule has 22 heavy (non-hydrogen) atoms. The Balaban J connectivity index is 2.36. The van der Waals surface area contributed by atoms with Gasteiger partial charge in [0.05, 0.1) is 0 Å². The summed E-state index contributed by atoms with van der Waals surface area (Å²) < 4.78 is 6.19. The van der Waals surface area contributed by atoms with Gasteiger partial charge in [0.25, 0.3) is 0 Å². The predicted molar refractivity (Wildman–Crippen MR) is 88.9 cm³/mol. The highest BCUT2D eigenvalue weighted by atomic mass is 16.5. The lowest BCUT2D eigenvalue weighted by molar-refractivity contribution is -0.139. The third-order valence-corrected chi connectivity index (χ3v) is 4.45. The molecule has 2 nitrogen and oxygen atoms in total. The molecule has 1 aliphatic rings. The van der Waals surface area contributed by atoms with Crippen LogP contribution in [0.2, 0.25) is 0 Å². The topological polar surface area (TPSA) is 26.3 Å². The average Bonchev–Trinajstić information content (AvgIpc) is 2.81. The van der Waals surface area contributed by atoms with Crippen LogP contribution in [0.5, 0.6) is 0 Å². The first-order valence-electron chi connectivity index (χ1n) is 8.04. The van der Waals surface area contributed by atoms with E-state index in [1.54, 1.807) is 0 Å². The van der Waals surface area contributed by atoms with Gasteiger partial charge in [0, 0.05) is 24.2 Å². The molecule has 0 bridgehead atoms. The van der Waals surface area contributed by atoms with Crippen LogP contribution in [-0.2, 0) is 15.1 Å². The minimum atomic E-state index is -0.929.